The lowest BCUT2D eigenvalue weighted by molar-refractivity contribution is 0.501. The molecular weight excluding hydrogens is 302 g/mol. The van der Waals surface area contributed by atoms with Gasteiger partial charge in [-0.3, -0.25) is 0 Å². The molecule has 0 saturated heterocycles. The summed E-state index contributed by atoms with van der Waals surface area (Å²) in [5, 5.41) is 8.59. The van der Waals surface area contributed by atoms with Crippen molar-refractivity contribution in [3.63, 3.8) is 0 Å². The standard InChI is InChI=1S/C19H21N3S/c1-3-8-16-14(6-1)17(9-5-12-20-16)21-13-11-18-15-7-2-4-10-19(15)23-22-18/h1-4,6-8,10,17,20-21H,5,9,11-13H2. The molecule has 4 rings (SSSR count). The third kappa shape index (κ3) is 3.09. The first-order valence-corrected chi connectivity index (χ1v) is 9.08. The summed E-state index contributed by atoms with van der Waals surface area (Å²) in [5.74, 6) is 0. The summed E-state index contributed by atoms with van der Waals surface area (Å²) in [7, 11) is 0. The van der Waals surface area contributed by atoms with Crippen LogP contribution in [0.15, 0.2) is 48.5 Å². The molecule has 1 aliphatic heterocycles. The molecule has 2 aromatic carbocycles. The highest BCUT2D eigenvalue weighted by atomic mass is 32.1. The zero-order valence-corrected chi connectivity index (χ0v) is 13.9. The largest absolute Gasteiger partial charge is 0.385 e. The first-order chi connectivity index (χ1) is 11.4. The quantitative estimate of drug-likeness (QED) is 0.748. The van der Waals surface area contributed by atoms with Gasteiger partial charge in [0.05, 0.1) is 10.4 Å². The van der Waals surface area contributed by atoms with Crippen LogP contribution >= 0.6 is 11.5 Å². The molecule has 1 atom stereocenters. The van der Waals surface area contributed by atoms with Gasteiger partial charge in [-0.1, -0.05) is 36.4 Å². The number of rotatable bonds is 4. The Kier molecular flexibility index (Phi) is 4.26. The maximum Gasteiger partial charge on any atom is 0.0633 e. The lowest BCUT2D eigenvalue weighted by Crippen LogP contribution is -2.23. The van der Waals surface area contributed by atoms with Gasteiger partial charge < -0.3 is 10.6 Å². The van der Waals surface area contributed by atoms with E-state index in [4.69, 9.17) is 0 Å². The number of nitrogens with zero attached hydrogens (tertiary/aromatic N) is 1. The zero-order chi connectivity index (χ0) is 15.5. The second-order valence-electron chi connectivity index (χ2n) is 6.04. The van der Waals surface area contributed by atoms with Gasteiger partial charge in [-0.2, -0.15) is 4.37 Å². The van der Waals surface area contributed by atoms with E-state index in [9.17, 15) is 0 Å². The molecular formula is C19H21N3S. The Labute approximate surface area is 140 Å². The number of para-hydroxylation sites is 1. The summed E-state index contributed by atoms with van der Waals surface area (Å²) in [6, 6.07) is 17.6. The molecule has 3 aromatic rings. The van der Waals surface area contributed by atoms with Crippen molar-refractivity contribution in [3.8, 4) is 0 Å². The molecule has 0 spiro atoms. The van der Waals surface area contributed by atoms with E-state index in [1.165, 1.54) is 39.9 Å². The Balaban J connectivity index is 1.45. The number of aromatic nitrogens is 1. The van der Waals surface area contributed by atoms with Crippen LogP contribution in [0.4, 0.5) is 5.69 Å². The fraction of sp³-hybridized carbons (Fsp3) is 0.316. The minimum absolute atomic E-state index is 0.436. The van der Waals surface area contributed by atoms with Crippen LogP contribution in [0.2, 0.25) is 0 Å². The van der Waals surface area contributed by atoms with Crippen molar-refractivity contribution in [1.29, 1.82) is 0 Å². The molecule has 3 nitrogen and oxygen atoms in total. The average molecular weight is 323 g/mol. The van der Waals surface area contributed by atoms with Crippen molar-refractivity contribution in [2.45, 2.75) is 25.3 Å². The first-order valence-electron chi connectivity index (χ1n) is 8.31. The minimum atomic E-state index is 0.436. The fourth-order valence-electron chi connectivity index (χ4n) is 3.34. The maximum absolute atomic E-state index is 4.63. The lowest BCUT2D eigenvalue weighted by atomic mass is 10.0. The lowest BCUT2D eigenvalue weighted by Gasteiger charge is -2.18. The summed E-state index contributed by atoms with van der Waals surface area (Å²) >= 11 is 1.60. The topological polar surface area (TPSA) is 37.0 Å². The second kappa shape index (κ2) is 6.69. The Morgan fingerprint density at radius 2 is 2.00 bits per heavy atom. The van der Waals surface area contributed by atoms with Crippen LogP contribution in [0.5, 0.6) is 0 Å². The molecule has 0 aliphatic carbocycles. The van der Waals surface area contributed by atoms with E-state index in [-0.39, 0.29) is 0 Å². The first kappa shape index (κ1) is 14.7. The molecule has 23 heavy (non-hydrogen) atoms. The van der Waals surface area contributed by atoms with Crippen molar-refractivity contribution in [3.05, 3.63) is 59.8 Å². The monoisotopic (exact) mass is 323 g/mol. The molecule has 118 valence electrons. The van der Waals surface area contributed by atoms with E-state index in [1.807, 2.05) is 0 Å². The van der Waals surface area contributed by atoms with Gasteiger partial charge in [0.1, 0.15) is 0 Å². The summed E-state index contributed by atoms with van der Waals surface area (Å²) in [6.45, 7) is 2.03. The van der Waals surface area contributed by atoms with Gasteiger partial charge in [0.15, 0.2) is 0 Å². The number of hydrogen-bond donors (Lipinski definition) is 2. The number of anilines is 1. The Hall–Kier alpha value is -1.91. The van der Waals surface area contributed by atoms with E-state index >= 15 is 0 Å². The highest BCUT2D eigenvalue weighted by Crippen LogP contribution is 2.29. The van der Waals surface area contributed by atoms with Crippen LogP contribution in [-0.2, 0) is 6.42 Å². The molecule has 2 N–H and O–H groups in total. The number of nitrogens with one attached hydrogen (secondary N) is 2. The third-order valence-electron chi connectivity index (χ3n) is 4.53. The van der Waals surface area contributed by atoms with Gasteiger partial charge in [0.2, 0.25) is 0 Å². The molecule has 4 heteroatoms. The highest BCUT2D eigenvalue weighted by molar-refractivity contribution is 7.13. The molecule has 0 radical (unpaired) electrons. The van der Waals surface area contributed by atoms with Crippen LogP contribution in [0.25, 0.3) is 10.1 Å². The van der Waals surface area contributed by atoms with Crippen LogP contribution in [0.1, 0.15) is 30.1 Å². The van der Waals surface area contributed by atoms with Crippen LogP contribution < -0.4 is 10.6 Å². The van der Waals surface area contributed by atoms with Gasteiger partial charge in [-0.25, -0.2) is 0 Å². The van der Waals surface area contributed by atoms with Crippen LogP contribution in [0, 0.1) is 0 Å². The van der Waals surface area contributed by atoms with E-state index in [2.05, 4.69) is 63.5 Å². The van der Waals surface area contributed by atoms with Crippen molar-refractivity contribution in [2.24, 2.45) is 0 Å². The van der Waals surface area contributed by atoms with E-state index in [1.54, 1.807) is 11.5 Å². The van der Waals surface area contributed by atoms with E-state index < -0.39 is 0 Å². The van der Waals surface area contributed by atoms with Gasteiger partial charge >= 0.3 is 0 Å². The third-order valence-corrected chi connectivity index (χ3v) is 5.39. The van der Waals surface area contributed by atoms with Crippen molar-refractivity contribution in [2.75, 3.05) is 18.4 Å². The van der Waals surface area contributed by atoms with Gasteiger partial charge in [-0.05, 0) is 42.1 Å². The second-order valence-corrected chi connectivity index (χ2v) is 6.84. The maximum atomic E-state index is 4.63. The van der Waals surface area contributed by atoms with Crippen molar-refractivity contribution < 1.29 is 0 Å². The van der Waals surface area contributed by atoms with Gasteiger partial charge in [0.25, 0.3) is 0 Å². The summed E-state index contributed by atoms with van der Waals surface area (Å²) in [4.78, 5) is 0. The Morgan fingerprint density at radius 3 is 3.00 bits per heavy atom. The molecule has 0 bridgehead atoms. The van der Waals surface area contributed by atoms with Crippen LogP contribution in [-0.4, -0.2) is 17.5 Å². The molecule has 1 aliphatic rings. The predicted octanol–water partition coefficient (Wildman–Crippen LogP) is 4.38. The fourth-order valence-corrected chi connectivity index (χ4v) is 4.16. The van der Waals surface area contributed by atoms with E-state index in [0.717, 1.165) is 19.5 Å². The molecule has 0 fully saturated rings. The van der Waals surface area contributed by atoms with Crippen LogP contribution in [0.3, 0.4) is 0 Å². The summed E-state index contributed by atoms with van der Waals surface area (Å²) < 4.78 is 5.91. The normalized spacial score (nSPS) is 17.5. The van der Waals surface area contributed by atoms with E-state index in [0.29, 0.717) is 6.04 Å². The Morgan fingerprint density at radius 1 is 1.13 bits per heavy atom. The Bertz CT molecular complexity index is 796. The predicted molar refractivity (Wildman–Crippen MR) is 98.2 cm³/mol. The minimum Gasteiger partial charge on any atom is -0.385 e. The van der Waals surface area contributed by atoms with Gasteiger partial charge in [0, 0.05) is 36.6 Å². The average Bonchev–Trinajstić information content (AvgIpc) is 2.89. The SMILES string of the molecule is c1ccc2c(c1)NCCCC2NCCc1nsc2ccccc12. The number of hydrogen-bond acceptors (Lipinski definition) is 4. The van der Waals surface area contributed by atoms with Crippen molar-refractivity contribution in [1.82, 2.24) is 9.69 Å². The molecule has 1 aromatic heterocycles. The zero-order valence-electron chi connectivity index (χ0n) is 13.1. The number of benzene rings is 2. The summed E-state index contributed by atoms with van der Waals surface area (Å²) in [6.07, 6.45) is 3.36. The highest BCUT2D eigenvalue weighted by Gasteiger charge is 2.17. The smallest absolute Gasteiger partial charge is 0.0633 e. The molecule has 1 unspecified atom stereocenters. The number of fused-ring (bicyclic) bond motifs is 2. The molecule has 2 heterocycles. The van der Waals surface area contributed by atoms with Gasteiger partial charge in [-0.15, -0.1) is 0 Å². The molecule has 0 saturated carbocycles. The summed E-state index contributed by atoms with van der Waals surface area (Å²) in [5.41, 5.74) is 3.90. The molecule has 0 amide bonds. The van der Waals surface area contributed by atoms with Crippen molar-refractivity contribution >= 4 is 27.3 Å².